The predicted octanol–water partition coefficient (Wildman–Crippen LogP) is 1.13. The van der Waals surface area contributed by atoms with Crippen molar-refractivity contribution in [1.29, 1.82) is 0 Å². The Kier molecular flexibility index (Phi) is 5.89. The molecular formula is C15H22ClN3O3S. The second kappa shape index (κ2) is 7.51. The molecule has 0 saturated carbocycles. The van der Waals surface area contributed by atoms with E-state index in [2.05, 4.69) is 10.6 Å². The molecule has 2 heterocycles. The highest BCUT2D eigenvalue weighted by molar-refractivity contribution is 7.93. The van der Waals surface area contributed by atoms with Crippen LogP contribution in [0.2, 0.25) is 0 Å². The third kappa shape index (κ3) is 4.16. The largest absolute Gasteiger partial charge is 0.348 e. The van der Waals surface area contributed by atoms with Gasteiger partial charge < -0.3 is 10.6 Å². The van der Waals surface area contributed by atoms with Gasteiger partial charge in [0.25, 0.3) is 5.91 Å². The van der Waals surface area contributed by atoms with Crippen LogP contribution in [0.5, 0.6) is 0 Å². The number of carbonyl (C=O) groups is 1. The maximum Gasteiger partial charge on any atom is 0.251 e. The van der Waals surface area contributed by atoms with Crippen molar-refractivity contribution in [2.45, 2.75) is 25.3 Å². The quantitative estimate of drug-likeness (QED) is 0.848. The minimum atomic E-state index is -3.22. The van der Waals surface area contributed by atoms with Crippen molar-refractivity contribution in [3.63, 3.8) is 0 Å². The molecule has 2 N–H and O–H groups in total. The molecule has 1 aromatic carbocycles. The van der Waals surface area contributed by atoms with Crippen LogP contribution in [0.1, 0.15) is 29.6 Å². The molecule has 1 amide bonds. The van der Waals surface area contributed by atoms with Crippen LogP contribution in [0.25, 0.3) is 0 Å². The number of amides is 1. The van der Waals surface area contributed by atoms with Gasteiger partial charge in [-0.2, -0.15) is 0 Å². The van der Waals surface area contributed by atoms with Gasteiger partial charge in [0, 0.05) is 24.7 Å². The van der Waals surface area contributed by atoms with Crippen molar-refractivity contribution in [2.24, 2.45) is 0 Å². The molecule has 6 nitrogen and oxygen atoms in total. The van der Waals surface area contributed by atoms with Gasteiger partial charge in [-0.25, -0.2) is 8.42 Å². The summed E-state index contributed by atoms with van der Waals surface area (Å²) in [5.74, 6) is 0.0316. The maximum absolute atomic E-state index is 12.3. The highest BCUT2D eigenvalue weighted by Crippen LogP contribution is 2.24. The Morgan fingerprint density at radius 1 is 1.30 bits per heavy atom. The molecule has 0 aliphatic carbocycles. The van der Waals surface area contributed by atoms with Crippen molar-refractivity contribution >= 4 is 34.0 Å². The second-order valence-corrected chi connectivity index (χ2v) is 7.82. The molecular weight excluding hydrogens is 338 g/mol. The normalized spacial score (nSPS) is 23.1. The number of hydrogen-bond donors (Lipinski definition) is 2. The first-order valence-electron chi connectivity index (χ1n) is 7.68. The molecule has 3 rings (SSSR count). The number of carbonyl (C=O) groups excluding carboxylic acids is 1. The summed E-state index contributed by atoms with van der Waals surface area (Å²) >= 11 is 0. The van der Waals surface area contributed by atoms with E-state index in [9.17, 15) is 13.2 Å². The Labute approximate surface area is 143 Å². The molecule has 0 spiro atoms. The molecule has 1 unspecified atom stereocenters. The molecule has 23 heavy (non-hydrogen) atoms. The Morgan fingerprint density at radius 3 is 2.78 bits per heavy atom. The van der Waals surface area contributed by atoms with E-state index < -0.39 is 10.0 Å². The number of rotatable bonds is 3. The molecule has 2 aliphatic rings. The first kappa shape index (κ1) is 18.0. The Morgan fingerprint density at radius 2 is 2.13 bits per heavy atom. The summed E-state index contributed by atoms with van der Waals surface area (Å²) in [5.41, 5.74) is 1.08. The van der Waals surface area contributed by atoms with E-state index in [4.69, 9.17) is 0 Å². The first-order valence-corrected chi connectivity index (χ1v) is 9.29. The molecule has 2 saturated heterocycles. The maximum atomic E-state index is 12.3. The second-order valence-electron chi connectivity index (χ2n) is 5.81. The van der Waals surface area contributed by atoms with Gasteiger partial charge in [0.05, 0.1) is 11.4 Å². The monoisotopic (exact) mass is 359 g/mol. The van der Waals surface area contributed by atoms with Gasteiger partial charge in [-0.1, -0.05) is 6.07 Å². The van der Waals surface area contributed by atoms with Gasteiger partial charge in [-0.05, 0) is 44.0 Å². The summed E-state index contributed by atoms with van der Waals surface area (Å²) in [6.45, 7) is 2.26. The number of nitrogens with zero attached hydrogens (tertiary/aromatic N) is 1. The van der Waals surface area contributed by atoms with E-state index >= 15 is 0 Å². The Balaban J connectivity index is 0.00000192. The van der Waals surface area contributed by atoms with E-state index in [1.54, 1.807) is 24.3 Å². The third-order valence-electron chi connectivity index (χ3n) is 4.13. The number of benzene rings is 1. The average molecular weight is 360 g/mol. The molecule has 0 aromatic heterocycles. The van der Waals surface area contributed by atoms with Crippen LogP contribution in [0, 0.1) is 0 Å². The highest BCUT2D eigenvalue weighted by Gasteiger charge is 2.28. The van der Waals surface area contributed by atoms with E-state index in [-0.39, 0.29) is 30.1 Å². The minimum absolute atomic E-state index is 0. The summed E-state index contributed by atoms with van der Waals surface area (Å²) in [4.78, 5) is 12.3. The van der Waals surface area contributed by atoms with Crippen LogP contribution in [0.15, 0.2) is 24.3 Å². The topological polar surface area (TPSA) is 78.5 Å². The molecule has 0 bridgehead atoms. The smallest absolute Gasteiger partial charge is 0.251 e. The van der Waals surface area contributed by atoms with E-state index in [0.717, 1.165) is 25.9 Å². The Hall–Kier alpha value is -1.31. The zero-order valence-corrected chi connectivity index (χ0v) is 14.5. The van der Waals surface area contributed by atoms with Gasteiger partial charge in [0.1, 0.15) is 0 Å². The number of anilines is 1. The SMILES string of the molecule is Cl.O=C(NC1CCCNC1)c1cccc(N2CCCS2(=O)=O)c1. The van der Waals surface area contributed by atoms with Crippen LogP contribution in [0.4, 0.5) is 5.69 Å². The summed E-state index contributed by atoms with van der Waals surface area (Å²) in [6.07, 6.45) is 2.66. The van der Waals surface area contributed by atoms with Crippen LogP contribution >= 0.6 is 12.4 Å². The average Bonchev–Trinajstić information content (AvgIpc) is 2.88. The fourth-order valence-electron chi connectivity index (χ4n) is 2.98. The van der Waals surface area contributed by atoms with Crippen molar-refractivity contribution in [3.8, 4) is 0 Å². The van der Waals surface area contributed by atoms with Crippen LogP contribution < -0.4 is 14.9 Å². The first-order chi connectivity index (χ1) is 10.6. The number of hydrogen-bond acceptors (Lipinski definition) is 4. The van der Waals surface area contributed by atoms with E-state index in [1.165, 1.54) is 4.31 Å². The van der Waals surface area contributed by atoms with Gasteiger partial charge in [0.15, 0.2) is 0 Å². The molecule has 1 aromatic rings. The standard InChI is InChI=1S/C15H21N3O3S.ClH/c19-15(17-13-5-2-7-16-11-13)12-4-1-6-14(10-12)18-8-3-9-22(18,20)21;/h1,4,6,10,13,16H,2-3,5,7-9,11H2,(H,17,19);1H. The predicted molar refractivity (Wildman–Crippen MR) is 92.8 cm³/mol. The van der Waals surface area contributed by atoms with Crippen LogP contribution in [-0.2, 0) is 10.0 Å². The lowest BCUT2D eigenvalue weighted by atomic mass is 10.1. The van der Waals surface area contributed by atoms with E-state index in [1.807, 2.05) is 0 Å². The van der Waals surface area contributed by atoms with Crippen molar-refractivity contribution in [2.75, 3.05) is 29.7 Å². The number of piperidine rings is 1. The molecule has 8 heteroatoms. The molecule has 0 radical (unpaired) electrons. The van der Waals surface area contributed by atoms with Crippen LogP contribution in [0.3, 0.4) is 0 Å². The van der Waals surface area contributed by atoms with Crippen molar-refractivity contribution in [3.05, 3.63) is 29.8 Å². The molecule has 128 valence electrons. The van der Waals surface area contributed by atoms with Gasteiger partial charge >= 0.3 is 0 Å². The number of sulfonamides is 1. The van der Waals surface area contributed by atoms with Gasteiger partial charge in [-0.15, -0.1) is 12.4 Å². The summed E-state index contributed by atoms with van der Waals surface area (Å²) in [6, 6.07) is 6.99. The number of nitrogens with one attached hydrogen (secondary N) is 2. The highest BCUT2D eigenvalue weighted by atomic mass is 35.5. The van der Waals surface area contributed by atoms with Crippen molar-refractivity contribution in [1.82, 2.24) is 10.6 Å². The fourth-order valence-corrected chi connectivity index (χ4v) is 4.53. The molecule has 2 aliphatic heterocycles. The van der Waals surface area contributed by atoms with Crippen LogP contribution in [-0.4, -0.2) is 45.8 Å². The lowest BCUT2D eigenvalue weighted by molar-refractivity contribution is 0.0930. The molecule has 1 atom stereocenters. The zero-order chi connectivity index (χ0) is 15.6. The molecule has 2 fully saturated rings. The fraction of sp³-hybridized carbons (Fsp3) is 0.533. The zero-order valence-electron chi connectivity index (χ0n) is 12.8. The van der Waals surface area contributed by atoms with E-state index in [0.29, 0.717) is 24.2 Å². The minimum Gasteiger partial charge on any atom is -0.348 e. The summed E-state index contributed by atoms with van der Waals surface area (Å²) in [7, 11) is -3.22. The van der Waals surface area contributed by atoms with Gasteiger partial charge in [0.2, 0.25) is 10.0 Å². The lowest BCUT2D eigenvalue weighted by Gasteiger charge is -2.24. The third-order valence-corrected chi connectivity index (χ3v) is 6.00. The summed E-state index contributed by atoms with van der Waals surface area (Å²) < 4.78 is 25.3. The summed E-state index contributed by atoms with van der Waals surface area (Å²) in [5, 5.41) is 6.26. The lowest BCUT2D eigenvalue weighted by Crippen LogP contribution is -2.45. The van der Waals surface area contributed by atoms with Gasteiger partial charge in [-0.3, -0.25) is 9.10 Å². The van der Waals surface area contributed by atoms with Crippen molar-refractivity contribution < 1.29 is 13.2 Å². The number of halogens is 1. The Bertz CT molecular complexity index is 660.